The number of esters is 1. The van der Waals surface area contributed by atoms with E-state index in [0.29, 0.717) is 18.9 Å². The third-order valence-corrected chi connectivity index (χ3v) is 5.42. The van der Waals surface area contributed by atoms with Crippen LogP contribution in [0, 0.1) is 5.92 Å². The molecule has 0 unspecified atom stereocenters. The van der Waals surface area contributed by atoms with E-state index in [-0.39, 0.29) is 5.97 Å². The number of unbranched alkanes of at least 4 members (excludes halogenated alkanes) is 15. The van der Waals surface area contributed by atoms with E-state index in [2.05, 4.69) is 20.8 Å². The van der Waals surface area contributed by atoms with E-state index < -0.39 is 0 Å². The van der Waals surface area contributed by atoms with Crippen molar-refractivity contribution in [3.8, 4) is 0 Å². The third-order valence-electron chi connectivity index (χ3n) is 5.42. The van der Waals surface area contributed by atoms with Gasteiger partial charge in [-0.15, -0.1) is 0 Å². The predicted octanol–water partition coefficient (Wildman–Crippen LogP) is 8.62. The zero-order chi connectivity index (χ0) is 20.0. The summed E-state index contributed by atoms with van der Waals surface area (Å²) in [5.74, 6) is 0.702. The van der Waals surface area contributed by atoms with Crippen LogP contribution in [0.2, 0.25) is 0 Å². The number of ether oxygens (including phenoxy) is 1. The molecule has 0 heterocycles. The second kappa shape index (κ2) is 21.8. The Kier molecular flexibility index (Phi) is 21.3. The van der Waals surface area contributed by atoms with Gasteiger partial charge in [0.05, 0.1) is 6.61 Å². The fraction of sp³-hybridized carbons (Fsp3) is 0.960. The first-order chi connectivity index (χ1) is 13.2. The van der Waals surface area contributed by atoms with Gasteiger partial charge in [0.1, 0.15) is 0 Å². The van der Waals surface area contributed by atoms with Gasteiger partial charge in [0.15, 0.2) is 0 Å². The Hall–Kier alpha value is -0.530. The van der Waals surface area contributed by atoms with Crippen molar-refractivity contribution in [2.75, 3.05) is 6.61 Å². The first kappa shape index (κ1) is 26.5. The molecule has 0 saturated heterocycles. The highest BCUT2D eigenvalue weighted by molar-refractivity contribution is 5.69. The van der Waals surface area contributed by atoms with Crippen LogP contribution >= 0.6 is 0 Å². The Morgan fingerprint density at radius 3 is 1.44 bits per heavy atom. The smallest absolute Gasteiger partial charge is 0.305 e. The van der Waals surface area contributed by atoms with Gasteiger partial charge in [-0.3, -0.25) is 4.79 Å². The van der Waals surface area contributed by atoms with Crippen LogP contribution in [0.3, 0.4) is 0 Å². The van der Waals surface area contributed by atoms with Crippen molar-refractivity contribution in [3.05, 3.63) is 0 Å². The Balaban J connectivity index is 3.11. The first-order valence-electron chi connectivity index (χ1n) is 12.3. The molecule has 0 N–H and O–H groups in total. The highest BCUT2D eigenvalue weighted by Crippen LogP contribution is 2.14. The molecule has 0 spiro atoms. The van der Waals surface area contributed by atoms with E-state index in [1.807, 2.05) is 0 Å². The predicted molar refractivity (Wildman–Crippen MR) is 119 cm³/mol. The molecule has 27 heavy (non-hydrogen) atoms. The lowest BCUT2D eigenvalue weighted by molar-refractivity contribution is -0.143. The number of rotatable bonds is 21. The minimum Gasteiger partial charge on any atom is -0.466 e. The summed E-state index contributed by atoms with van der Waals surface area (Å²) in [7, 11) is 0. The standard InChI is InChI=1S/C25H50O2/c1-4-5-6-7-8-9-10-11-12-13-14-15-16-17-18-19-22-25(26)27-23-20-21-24(2)3/h24H,4-23H2,1-3H3. The number of carbonyl (C=O) groups is 1. The molecule has 0 saturated carbocycles. The van der Waals surface area contributed by atoms with Gasteiger partial charge in [-0.1, -0.05) is 117 Å². The van der Waals surface area contributed by atoms with E-state index in [9.17, 15) is 4.79 Å². The van der Waals surface area contributed by atoms with Crippen LogP contribution in [-0.2, 0) is 9.53 Å². The molecule has 162 valence electrons. The molecule has 0 radical (unpaired) electrons. The molecule has 0 fully saturated rings. The van der Waals surface area contributed by atoms with Gasteiger partial charge >= 0.3 is 5.97 Å². The van der Waals surface area contributed by atoms with Crippen LogP contribution in [0.4, 0.5) is 0 Å². The number of carbonyl (C=O) groups excluding carboxylic acids is 1. The molecular formula is C25H50O2. The molecule has 0 aliphatic heterocycles. The Labute approximate surface area is 171 Å². The Morgan fingerprint density at radius 1 is 0.630 bits per heavy atom. The molecule has 0 aromatic carbocycles. The van der Waals surface area contributed by atoms with E-state index in [1.165, 1.54) is 96.3 Å². The highest BCUT2D eigenvalue weighted by atomic mass is 16.5. The van der Waals surface area contributed by atoms with Crippen LogP contribution in [0.15, 0.2) is 0 Å². The monoisotopic (exact) mass is 382 g/mol. The first-order valence-corrected chi connectivity index (χ1v) is 12.3. The molecule has 0 aliphatic rings. The molecule has 0 aromatic heterocycles. The number of hydrogen-bond donors (Lipinski definition) is 0. The van der Waals surface area contributed by atoms with Crippen molar-refractivity contribution in [2.45, 2.75) is 143 Å². The third kappa shape index (κ3) is 23.4. The topological polar surface area (TPSA) is 26.3 Å². The van der Waals surface area contributed by atoms with Gasteiger partial charge in [0.25, 0.3) is 0 Å². The summed E-state index contributed by atoms with van der Waals surface area (Å²) in [6.45, 7) is 7.30. The maximum Gasteiger partial charge on any atom is 0.305 e. The molecule has 0 atom stereocenters. The molecule has 2 heteroatoms. The van der Waals surface area contributed by atoms with Crippen LogP contribution in [0.1, 0.15) is 143 Å². The van der Waals surface area contributed by atoms with Crippen LogP contribution < -0.4 is 0 Å². The molecule has 0 aromatic rings. The lowest BCUT2D eigenvalue weighted by Crippen LogP contribution is -2.06. The second-order valence-electron chi connectivity index (χ2n) is 8.81. The van der Waals surface area contributed by atoms with E-state index in [4.69, 9.17) is 4.74 Å². The zero-order valence-corrected chi connectivity index (χ0v) is 19.0. The lowest BCUT2D eigenvalue weighted by atomic mass is 10.0. The van der Waals surface area contributed by atoms with Gasteiger partial charge in [-0.25, -0.2) is 0 Å². The molecule has 0 aliphatic carbocycles. The average Bonchev–Trinajstić information content (AvgIpc) is 2.64. The summed E-state index contributed by atoms with van der Waals surface area (Å²) in [6, 6.07) is 0. The Bertz CT molecular complexity index is 299. The van der Waals surface area contributed by atoms with Gasteiger partial charge < -0.3 is 4.74 Å². The SMILES string of the molecule is CCCCCCCCCCCCCCCCCCC(=O)OCCCC(C)C. The Morgan fingerprint density at radius 2 is 1.04 bits per heavy atom. The van der Waals surface area contributed by atoms with Gasteiger partial charge in [0, 0.05) is 6.42 Å². The summed E-state index contributed by atoms with van der Waals surface area (Å²) in [5.41, 5.74) is 0. The van der Waals surface area contributed by atoms with Gasteiger partial charge in [0.2, 0.25) is 0 Å². The average molecular weight is 383 g/mol. The fourth-order valence-corrected chi connectivity index (χ4v) is 3.57. The minimum atomic E-state index is 0.00381. The van der Waals surface area contributed by atoms with E-state index in [0.717, 1.165) is 19.3 Å². The normalized spacial score (nSPS) is 11.3. The summed E-state index contributed by atoms with van der Waals surface area (Å²) in [5, 5.41) is 0. The van der Waals surface area contributed by atoms with Crippen molar-refractivity contribution in [1.82, 2.24) is 0 Å². The number of hydrogen-bond acceptors (Lipinski definition) is 2. The van der Waals surface area contributed by atoms with Gasteiger partial charge in [-0.05, 0) is 25.2 Å². The zero-order valence-electron chi connectivity index (χ0n) is 19.0. The largest absolute Gasteiger partial charge is 0.466 e. The molecular weight excluding hydrogens is 332 g/mol. The molecule has 0 bridgehead atoms. The van der Waals surface area contributed by atoms with Crippen molar-refractivity contribution in [1.29, 1.82) is 0 Å². The van der Waals surface area contributed by atoms with E-state index in [1.54, 1.807) is 0 Å². The quantitative estimate of drug-likeness (QED) is 0.147. The van der Waals surface area contributed by atoms with Crippen molar-refractivity contribution < 1.29 is 9.53 Å². The van der Waals surface area contributed by atoms with Gasteiger partial charge in [-0.2, -0.15) is 0 Å². The summed E-state index contributed by atoms with van der Waals surface area (Å²) >= 11 is 0. The minimum absolute atomic E-state index is 0.00381. The highest BCUT2D eigenvalue weighted by Gasteiger charge is 2.03. The maximum atomic E-state index is 11.6. The fourth-order valence-electron chi connectivity index (χ4n) is 3.57. The van der Waals surface area contributed by atoms with E-state index >= 15 is 0 Å². The van der Waals surface area contributed by atoms with Crippen molar-refractivity contribution in [3.63, 3.8) is 0 Å². The van der Waals surface area contributed by atoms with Crippen LogP contribution in [-0.4, -0.2) is 12.6 Å². The second-order valence-corrected chi connectivity index (χ2v) is 8.81. The maximum absolute atomic E-state index is 11.6. The van der Waals surface area contributed by atoms with Crippen molar-refractivity contribution >= 4 is 5.97 Å². The summed E-state index contributed by atoms with van der Waals surface area (Å²) in [4.78, 5) is 11.6. The molecule has 2 nitrogen and oxygen atoms in total. The summed E-state index contributed by atoms with van der Waals surface area (Å²) < 4.78 is 5.28. The van der Waals surface area contributed by atoms with Crippen LogP contribution in [0.5, 0.6) is 0 Å². The molecule has 0 amide bonds. The van der Waals surface area contributed by atoms with Crippen molar-refractivity contribution in [2.24, 2.45) is 5.92 Å². The lowest BCUT2D eigenvalue weighted by Gasteiger charge is -2.06. The molecule has 0 rings (SSSR count). The van der Waals surface area contributed by atoms with Crippen LogP contribution in [0.25, 0.3) is 0 Å². The summed E-state index contributed by atoms with van der Waals surface area (Å²) in [6.07, 6.45) is 24.6.